The van der Waals surface area contributed by atoms with Crippen molar-refractivity contribution < 1.29 is 4.74 Å². The lowest BCUT2D eigenvalue weighted by molar-refractivity contribution is 0.188. The Balaban J connectivity index is 1.72. The van der Waals surface area contributed by atoms with E-state index in [9.17, 15) is 0 Å². The van der Waals surface area contributed by atoms with Gasteiger partial charge in [0.2, 0.25) is 0 Å². The zero-order valence-corrected chi connectivity index (χ0v) is 11.2. The van der Waals surface area contributed by atoms with Gasteiger partial charge in [-0.05, 0) is 37.4 Å². The molecule has 2 unspecified atom stereocenters. The molecule has 2 N–H and O–H groups in total. The minimum absolute atomic E-state index is 0.828. The molecule has 0 aromatic heterocycles. The summed E-state index contributed by atoms with van der Waals surface area (Å²) in [6, 6.07) is 0. The van der Waals surface area contributed by atoms with Crippen LogP contribution in [0, 0.1) is 17.8 Å². The van der Waals surface area contributed by atoms with Crippen LogP contribution in [0.5, 0.6) is 0 Å². The molecule has 2 rings (SSSR count). The molecular weight excluding hydrogens is 212 g/mol. The van der Waals surface area contributed by atoms with Crippen molar-refractivity contribution in [2.75, 3.05) is 39.9 Å². The van der Waals surface area contributed by atoms with Gasteiger partial charge in [-0.15, -0.1) is 0 Å². The second-order valence-electron chi connectivity index (χ2n) is 5.68. The van der Waals surface area contributed by atoms with Crippen molar-refractivity contribution in [3.8, 4) is 0 Å². The molecule has 100 valence electrons. The highest BCUT2D eigenvalue weighted by atomic mass is 16.5. The largest absolute Gasteiger partial charge is 0.383 e. The van der Waals surface area contributed by atoms with Gasteiger partial charge in [0.15, 0.2) is 0 Å². The predicted octanol–water partition coefficient (Wildman–Crippen LogP) is 1.64. The molecule has 2 aliphatic rings. The van der Waals surface area contributed by atoms with E-state index in [2.05, 4.69) is 10.6 Å². The zero-order valence-electron chi connectivity index (χ0n) is 11.2. The van der Waals surface area contributed by atoms with Gasteiger partial charge >= 0.3 is 0 Å². The van der Waals surface area contributed by atoms with E-state index in [0.717, 1.165) is 37.5 Å². The summed E-state index contributed by atoms with van der Waals surface area (Å²) in [4.78, 5) is 0. The Morgan fingerprint density at radius 3 is 2.76 bits per heavy atom. The van der Waals surface area contributed by atoms with Crippen LogP contribution in [0.1, 0.15) is 32.1 Å². The van der Waals surface area contributed by atoms with Crippen molar-refractivity contribution in [3.05, 3.63) is 0 Å². The third kappa shape index (κ3) is 3.94. The summed E-state index contributed by atoms with van der Waals surface area (Å²) in [5, 5.41) is 7.12. The zero-order chi connectivity index (χ0) is 11.9. The molecule has 1 aliphatic heterocycles. The van der Waals surface area contributed by atoms with E-state index in [1.807, 2.05) is 0 Å². The van der Waals surface area contributed by atoms with Gasteiger partial charge in [0, 0.05) is 13.7 Å². The second-order valence-corrected chi connectivity index (χ2v) is 5.68. The number of hydrogen-bond donors (Lipinski definition) is 2. The van der Waals surface area contributed by atoms with Crippen molar-refractivity contribution >= 4 is 0 Å². The summed E-state index contributed by atoms with van der Waals surface area (Å²) in [5.41, 5.74) is 0. The summed E-state index contributed by atoms with van der Waals surface area (Å²) in [6.45, 7) is 5.44. The summed E-state index contributed by atoms with van der Waals surface area (Å²) in [5.74, 6) is 2.76. The fourth-order valence-corrected chi connectivity index (χ4v) is 3.55. The average Bonchev–Trinajstić information content (AvgIpc) is 2.84. The van der Waals surface area contributed by atoms with E-state index >= 15 is 0 Å². The van der Waals surface area contributed by atoms with E-state index in [1.165, 1.54) is 45.2 Å². The van der Waals surface area contributed by atoms with Crippen LogP contribution in [0.3, 0.4) is 0 Å². The number of methoxy groups -OCH3 is 1. The summed E-state index contributed by atoms with van der Waals surface area (Å²) in [6.07, 6.45) is 7.34. The molecule has 17 heavy (non-hydrogen) atoms. The summed E-state index contributed by atoms with van der Waals surface area (Å²) < 4.78 is 5.07. The standard InChI is InChI=1S/C14H28N2O/c1-17-8-7-15-9-13-10-16-11-14(13)12-5-3-2-4-6-12/h12-16H,2-11H2,1H3. The minimum Gasteiger partial charge on any atom is -0.383 e. The van der Waals surface area contributed by atoms with Crippen molar-refractivity contribution in [2.45, 2.75) is 32.1 Å². The van der Waals surface area contributed by atoms with Gasteiger partial charge in [0.05, 0.1) is 6.61 Å². The molecule has 3 heteroatoms. The van der Waals surface area contributed by atoms with Crippen LogP contribution < -0.4 is 10.6 Å². The van der Waals surface area contributed by atoms with E-state index in [0.29, 0.717) is 0 Å². The smallest absolute Gasteiger partial charge is 0.0587 e. The van der Waals surface area contributed by atoms with Crippen LogP contribution in [0.4, 0.5) is 0 Å². The van der Waals surface area contributed by atoms with E-state index in [1.54, 1.807) is 7.11 Å². The average molecular weight is 240 g/mol. The Bertz CT molecular complexity index is 204. The molecule has 1 saturated heterocycles. The van der Waals surface area contributed by atoms with Crippen LogP contribution >= 0.6 is 0 Å². The first-order valence-electron chi connectivity index (χ1n) is 7.32. The normalized spacial score (nSPS) is 30.9. The van der Waals surface area contributed by atoms with Gasteiger partial charge in [-0.3, -0.25) is 0 Å². The fraction of sp³-hybridized carbons (Fsp3) is 1.00. The quantitative estimate of drug-likeness (QED) is 0.693. The monoisotopic (exact) mass is 240 g/mol. The Hall–Kier alpha value is -0.120. The highest BCUT2D eigenvalue weighted by Crippen LogP contribution is 2.35. The molecule has 1 aliphatic carbocycles. The first kappa shape index (κ1) is 13.3. The Kier molecular flexibility index (Phi) is 5.75. The van der Waals surface area contributed by atoms with Crippen molar-refractivity contribution in [1.29, 1.82) is 0 Å². The van der Waals surface area contributed by atoms with Gasteiger partial charge < -0.3 is 15.4 Å². The van der Waals surface area contributed by atoms with Gasteiger partial charge in [-0.25, -0.2) is 0 Å². The lowest BCUT2D eigenvalue weighted by Gasteiger charge is -2.31. The Labute approximate surface area is 106 Å². The fourth-order valence-electron chi connectivity index (χ4n) is 3.55. The molecule has 0 aromatic carbocycles. The third-order valence-electron chi connectivity index (χ3n) is 4.54. The third-order valence-corrected chi connectivity index (χ3v) is 4.54. The highest BCUT2D eigenvalue weighted by molar-refractivity contribution is 4.88. The maximum atomic E-state index is 5.07. The molecular formula is C14H28N2O. The molecule has 0 spiro atoms. The van der Waals surface area contributed by atoms with Gasteiger partial charge in [-0.1, -0.05) is 32.1 Å². The predicted molar refractivity (Wildman–Crippen MR) is 71.2 cm³/mol. The first-order chi connectivity index (χ1) is 8.42. The number of hydrogen-bond acceptors (Lipinski definition) is 3. The molecule has 0 amide bonds. The SMILES string of the molecule is COCCNCC1CNCC1C1CCCCC1. The highest BCUT2D eigenvalue weighted by Gasteiger charge is 2.33. The second kappa shape index (κ2) is 7.34. The lowest BCUT2D eigenvalue weighted by Crippen LogP contribution is -2.33. The van der Waals surface area contributed by atoms with Crippen LogP contribution in [-0.2, 0) is 4.74 Å². The molecule has 0 aromatic rings. The molecule has 2 fully saturated rings. The summed E-state index contributed by atoms with van der Waals surface area (Å²) in [7, 11) is 1.77. The van der Waals surface area contributed by atoms with E-state index in [-0.39, 0.29) is 0 Å². The van der Waals surface area contributed by atoms with Gasteiger partial charge in [0.1, 0.15) is 0 Å². The van der Waals surface area contributed by atoms with Crippen LogP contribution in [0.2, 0.25) is 0 Å². The van der Waals surface area contributed by atoms with Crippen molar-refractivity contribution in [3.63, 3.8) is 0 Å². The minimum atomic E-state index is 0.828. The molecule has 0 bridgehead atoms. The summed E-state index contributed by atoms with van der Waals surface area (Å²) >= 11 is 0. The molecule has 1 saturated carbocycles. The van der Waals surface area contributed by atoms with Crippen molar-refractivity contribution in [2.24, 2.45) is 17.8 Å². The lowest BCUT2D eigenvalue weighted by atomic mass is 9.75. The van der Waals surface area contributed by atoms with Crippen LogP contribution in [-0.4, -0.2) is 39.9 Å². The van der Waals surface area contributed by atoms with Crippen molar-refractivity contribution in [1.82, 2.24) is 10.6 Å². The maximum absolute atomic E-state index is 5.07. The Morgan fingerprint density at radius 1 is 1.18 bits per heavy atom. The number of rotatable bonds is 6. The topological polar surface area (TPSA) is 33.3 Å². The molecule has 1 heterocycles. The maximum Gasteiger partial charge on any atom is 0.0587 e. The number of nitrogens with one attached hydrogen (secondary N) is 2. The molecule has 0 radical (unpaired) electrons. The molecule has 2 atom stereocenters. The number of ether oxygens (including phenoxy) is 1. The first-order valence-corrected chi connectivity index (χ1v) is 7.32. The Morgan fingerprint density at radius 2 is 2.00 bits per heavy atom. The van der Waals surface area contributed by atoms with Crippen LogP contribution in [0.15, 0.2) is 0 Å². The van der Waals surface area contributed by atoms with E-state index in [4.69, 9.17) is 4.74 Å². The molecule has 3 nitrogen and oxygen atoms in total. The van der Waals surface area contributed by atoms with Gasteiger partial charge in [-0.2, -0.15) is 0 Å². The van der Waals surface area contributed by atoms with Crippen LogP contribution in [0.25, 0.3) is 0 Å². The van der Waals surface area contributed by atoms with Gasteiger partial charge in [0.25, 0.3) is 0 Å². The van der Waals surface area contributed by atoms with E-state index < -0.39 is 0 Å².